The van der Waals surface area contributed by atoms with Crippen LogP contribution in [-0.2, 0) is 16.0 Å². The van der Waals surface area contributed by atoms with E-state index in [4.69, 9.17) is 4.74 Å². The summed E-state index contributed by atoms with van der Waals surface area (Å²) in [6.07, 6.45) is 5.02. The molecule has 2 unspecified atom stereocenters. The number of likely N-dealkylation sites (N-methyl/N-ethyl adjacent to an activating group) is 1. The maximum atomic E-state index is 11.6. The standard InChI is InChI=1S/C16H22N2O2/c1-17-16(14-5-3-9-20-14)12-7-8-13-11(10-12)4-2-6-15(19)18-13/h7-8,10,14,16-17H,2-6,9H2,1H3,(H,18,19). The smallest absolute Gasteiger partial charge is 0.224 e. The van der Waals surface area contributed by atoms with E-state index in [0.29, 0.717) is 6.42 Å². The van der Waals surface area contributed by atoms with Crippen molar-refractivity contribution in [2.75, 3.05) is 19.0 Å². The molecule has 1 saturated heterocycles. The maximum absolute atomic E-state index is 11.6. The van der Waals surface area contributed by atoms with Crippen LogP contribution in [0.2, 0.25) is 0 Å². The summed E-state index contributed by atoms with van der Waals surface area (Å²) in [6.45, 7) is 0.865. The van der Waals surface area contributed by atoms with Gasteiger partial charge < -0.3 is 15.4 Å². The van der Waals surface area contributed by atoms with Gasteiger partial charge in [-0.2, -0.15) is 0 Å². The molecule has 4 nitrogen and oxygen atoms in total. The number of rotatable bonds is 3. The molecule has 2 atom stereocenters. The van der Waals surface area contributed by atoms with E-state index in [0.717, 1.165) is 38.0 Å². The van der Waals surface area contributed by atoms with Crippen LogP contribution in [-0.4, -0.2) is 25.7 Å². The fraction of sp³-hybridized carbons (Fsp3) is 0.562. The Kier molecular flexibility index (Phi) is 4.03. The van der Waals surface area contributed by atoms with Crippen LogP contribution in [0.25, 0.3) is 0 Å². The first-order valence-corrected chi connectivity index (χ1v) is 7.49. The lowest BCUT2D eigenvalue weighted by Gasteiger charge is -2.24. The summed E-state index contributed by atoms with van der Waals surface area (Å²) in [5, 5.41) is 6.36. The van der Waals surface area contributed by atoms with Crippen molar-refractivity contribution in [3.8, 4) is 0 Å². The van der Waals surface area contributed by atoms with Crippen LogP contribution in [0.15, 0.2) is 18.2 Å². The Bertz CT molecular complexity index is 495. The summed E-state index contributed by atoms with van der Waals surface area (Å²) in [7, 11) is 1.99. The summed E-state index contributed by atoms with van der Waals surface area (Å²) in [5.41, 5.74) is 3.47. The molecular weight excluding hydrogens is 252 g/mol. The number of aryl methyl sites for hydroxylation is 1. The molecule has 4 heteroatoms. The molecule has 3 rings (SSSR count). The van der Waals surface area contributed by atoms with E-state index in [-0.39, 0.29) is 18.1 Å². The highest BCUT2D eigenvalue weighted by Gasteiger charge is 2.26. The van der Waals surface area contributed by atoms with Crippen molar-refractivity contribution in [1.82, 2.24) is 5.32 Å². The number of nitrogens with one attached hydrogen (secondary N) is 2. The van der Waals surface area contributed by atoms with Crippen LogP contribution in [0.5, 0.6) is 0 Å². The quantitative estimate of drug-likeness (QED) is 0.890. The van der Waals surface area contributed by atoms with E-state index in [1.165, 1.54) is 11.1 Å². The number of anilines is 1. The first-order valence-electron chi connectivity index (χ1n) is 7.49. The normalized spacial score (nSPS) is 23.9. The third-order valence-electron chi connectivity index (χ3n) is 4.26. The first kappa shape index (κ1) is 13.6. The topological polar surface area (TPSA) is 50.4 Å². The second-order valence-electron chi connectivity index (χ2n) is 5.64. The molecule has 1 amide bonds. The molecule has 1 fully saturated rings. The molecule has 20 heavy (non-hydrogen) atoms. The molecule has 2 aliphatic rings. The van der Waals surface area contributed by atoms with Gasteiger partial charge in [-0.05, 0) is 49.9 Å². The lowest BCUT2D eigenvalue weighted by Crippen LogP contribution is -2.29. The van der Waals surface area contributed by atoms with Gasteiger partial charge in [-0.25, -0.2) is 0 Å². The largest absolute Gasteiger partial charge is 0.376 e. The molecule has 0 bridgehead atoms. The lowest BCUT2D eigenvalue weighted by molar-refractivity contribution is -0.116. The van der Waals surface area contributed by atoms with E-state index >= 15 is 0 Å². The molecule has 2 heterocycles. The number of benzene rings is 1. The second-order valence-corrected chi connectivity index (χ2v) is 5.64. The Labute approximate surface area is 119 Å². The zero-order valence-electron chi connectivity index (χ0n) is 11.9. The zero-order chi connectivity index (χ0) is 13.9. The molecule has 2 N–H and O–H groups in total. The van der Waals surface area contributed by atoms with Crippen LogP contribution in [0.1, 0.15) is 42.9 Å². The molecule has 1 aromatic rings. The van der Waals surface area contributed by atoms with Crippen LogP contribution >= 0.6 is 0 Å². The first-order chi connectivity index (χ1) is 9.78. The maximum Gasteiger partial charge on any atom is 0.224 e. The van der Waals surface area contributed by atoms with Gasteiger partial charge in [0.25, 0.3) is 0 Å². The van der Waals surface area contributed by atoms with Crippen molar-refractivity contribution in [3.63, 3.8) is 0 Å². The second kappa shape index (κ2) is 5.94. The molecular formula is C16H22N2O2. The highest BCUT2D eigenvalue weighted by molar-refractivity contribution is 5.92. The molecule has 0 spiro atoms. The number of ether oxygens (including phenoxy) is 1. The van der Waals surface area contributed by atoms with Crippen LogP contribution in [0, 0.1) is 0 Å². The van der Waals surface area contributed by atoms with Crippen molar-refractivity contribution in [1.29, 1.82) is 0 Å². The van der Waals surface area contributed by atoms with Gasteiger partial charge in [-0.1, -0.05) is 12.1 Å². The van der Waals surface area contributed by atoms with E-state index in [9.17, 15) is 4.79 Å². The summed E-state index contributed by atoms with van der Waals surface area (Å²) in [4.78, 5) is 11.6. The molecule has 1 aromatic carbocycles. The minimum atomic E-state index is 0.126. The Hall–Kier alpha value is -1.39. The van der Waals surface area contributed by atoms with Crippen molar-refractivity contribution < 1.29 is 9.53 Å². The van der Waals surface area contributed by atoms with Crippen molar-refractivity contribution in [2.24, 2.45) is 0 Å². The summed E-state index contributed by atoms with van der Waals surface area (Å²) >= 11 is 0. The number of hydrogen-bond donors (Lipinski definition) is 2. The van der Waals surface area contributed by atoms with Gasteiger partial charge in [-0.3, -0.25) is 4.79 Å². The highest BCUT2D eigenvalue weighted by Crippen LogP contribution is 2.30. The molecule has 0 aliphatic carbocycles. The van der Waals surface area contributed by atoms with Gasteiger partial charge in [0.15, 0.2) is 0 Å². The monoisotopic (exact) mass is 274 g/mol. The van der Waals surface area contributed by atoms with Gasteiger partial charge in [0.2, 0.25) is 5.91 Å². The molecule has 0 saturated carbocycles. The van der Waals surface area contributed by atoms with E-state index in [1.807, 2.05) is 13.1 Å². The van der Waals surface area contributed by atoms with E-state index < -0.39 is 0 Å². The minimum absolute atomic E-state index is 0.126. The van der Waals surface area contributed by atoms with Crippen molar-refractivity contribution >= 4 is 11.6 Å². The van der Waals surface area contributed by atoms with Crippen molar-refractivity contribution in [2.45, 2.75) is 44.2 Å². The van der Waals surface area contributed by atoms with E-state index in [1.54, 1.807) is 0 Å². The lowest BCUT2D eigenvalue weighted by atomic mass is 9.95. The average Bonchev–Trinajstić information content (AvgIpc) is 2.89. The minimum Gasteiger partial charge on any atom is -0.376 e. The number of hydrogen-bond acceptors (Lipinski definition) is 3. The number of amides is 1. The Morgan fingerprint density at radius 1 is 1.35 bits per heavy atom. The zero-order valence-corrected chi connectivity index (χ0v) is 11.9. The van der Waals surface area contributed by atoms with Gasteiger partial charge in [0, 0.05) is 18.7 Å². The summed E-state index contributed by atoms with van der Waals surface area (Å²) < 4.78 is 5.81. The predicted octanol–water partition coefficient (Wildman–Crippen LogP) is 2.40. The van der Waals surface area contributed by atoms with Crippen LogP contribution in [0.4, 0.5) is 5.69 Å². The van der Waals surface area contributed by atoms with E-state index in [2.05, 4.69) is 22.8 Å². The van der Waals surface area contributed by atoms with Gasteiger partial charge >= 0.3 is 0 Å². The Morgan fingerprint density at radius 2 is 2.25 bits per heavy atom. The highest BCUT2D eigenvalue weighted by atomic mass is 16.5. The predicted molar refractivity (Wildman–Crippen MR) is 78.8 cm³/mol. The Morgan fingerprint density at radius 3 is 3.00 bits per heavy atom. The number of carbonyl (C=O) groups excluding carboxylic acids is 1. The molecule has 0 radical (unpaired) electrons. The fourth-order valence-corrected chi connectivity index (χ4v) is 3.22. The van der Waals surface area contributed by atoms with Crippen LogP contribution in [0.3, 0.4) is 0 Å². The molecule has 2 aliphatic heterocycles. The molecule has 108 valence electrons. The van der Waals surface area contributed by atoms with Crippen LogP contribution < -0.4 is 10.6 Å². The van der Waals surface area contributed by atoms with Crippen molar-refractivity contribution in [3.05, 3.63) is 29.3 Å². The third-order valence-corrected chi connectivity index (χ3v) is 4.26. The average molecular weight is 274 g/mol. The molecule has 0 aromatic heterocycles. The van der Waals surface area contributed by atoms with Gasteiger partial charge in [0.1, 0.15) is 0 Å². The third kappa shape index (κ3) is 2.72. The summed E-state index contributed by atoms with van der Waals surface area (Å²) in [5.74, 6) is 0.126. The SMILES string of the molecule is CNC(c1ccc2c(c1)CCCC(=O)N2)C1CCCO1. The summed E-state index contributed by atoms with van der Waals surface area (Å²) in [6, 6.07) is 6.60. The van der Waals surface area contributed by atoms with Gasteiger partial charge in [-0.15, -0.1) is 0 Å². The number of fused-ring (bicyclic) bond motifs is 1. The number of carbonyl (C=O) groups is 1. The fourth-order valence-electron chi connectivity index (χ4n) is 3.22. The Balaban J connectivity index is 1.86. The van der Waals surface area contributed by atoms with Gasteiger partial charge in [0.05, 0.1) is 12.1 Å².